The van der Waals surface area contributed by atoms with Crippen LogP contribution in [0.3, 0.4) is 0 Å². The highest BCUT2D eigenvalue weighted by Gasteiger charge is 2.32. The van der Waals surface area contributed by atoms with E-state index in [0.717, 1.165) is 24.8 Å². The van der Waals surface area contributed by atoms with Crippen molar-refractivity contribution in [2.45, 2.75) is 84.9 Å². The van der Waals surface area contributed by atoms with Crippen LogP contribution in [0.2, 0.25) is 0 Å². The van der Waals surface area contributed by atoms with Crippen molar-refractivity contribution in [3.8, 4) is 11.1 Å². The van der Waals surface area contributed by atoms with E-state index in [0.29, 0.717) is 6.61 Å². The number of hydrogen-bond donors (Lipinski definition) is 1. The first-order chi connectivity index (χ1) is 15.0. The third-order valence-corrected chi connectivity index (χ3v) is 7.68. The molecule has 1 aliphatic carbocycles. The molecule has 32 heavy (non-hydrogen) atoms. The van der Waals surface area contributed by atoms with Gasteiger partial charge in [-0.15, -0.1) is 4.72 Å². The van der Waals surface area contributed by atoms with Crippen molar-refractivity contribution in [1.29, 1.82) is 0 Å². The topological polar surface area (TPSA) is 61.4 Å². The summed E-state index contributed by atoms with van der Waals surface area (Å²) >= 11 is -1.31. The quantitative estimate of drug-likeness (QED) is 0.422. The molecule has 0 bridgehead atoms. The first-order valence-corrected chi connectivity index (χ1v) is 12.7. The average molecular weight is 456 g/mol. The van der Waals surface area contributed by atoms with Crippen LogP contribution in [0.5, 0.6) is 0 Å². The third kappa shape index (κ3) is 5.56. The molecular weight excluding hydrogens is 418 g/mol. The molecule has 4 nitrogen and oxygen atoms in total. The zero-order valence-corrected chi connectivity index (χ0v) is 21.4. The molecule has 2 aromatic rings. The summed E-state index contributed by atoms with van der Waals surface area (Å²) in [5, 5.41) is 0. The van der Waals surface area contributed by atoms with Crippen LogP contribution in [0, 0.1) is 20.8 Å². The summed E-state index contributed by atoms with van der Waals surface area (Å²) in [6, 6.07) is 8.52. The number of benzene rings is 2. The van der Waals surface area contributed by atoms with Gasteiger partial charge in [0.25, 0.3) is 0 Å². The number of aryl methyl sites for hydroxylation is 4. The second-order valence-electron chi connectivity index (χ2n) is 9.89. The lowest BCUT2D eigenvalue weighted by Gasteiger charge is -2.28. The number of rotatable bonds is 7. The van der Waals surface area contributed by atoms with Gasteiger partial charge < -0.3 is 9.29 Å². The lowest BCUT2D eigenvalue weighted by atomic mass is 9.87. The predicted octanol–water partition coefficient (Wildman–Crippen LogP) is 5.81. The molecule has 0 amide bonds. The van der Waals surface area contributed by atoms with Gasteiger partial charge in [0.2, 0.25) is 0 Å². The van der Waals surface area contributed by atoms with Gasteiger partial charge in [0.15, 0.2) is 0 Å². The molecule has 2 atom stereocenters. The minimum Gasteiger partial charge on any atom is -0.598 e. The van der Waals surface area contributed by atoms with Crippen molar-refractivity contribution in [1.82, 2.24) is 4.72 Å². The van der Waals surface area contributed by atoms with E-state index in [9.17, 15) is 9.35 Å². The number of carbonyl (C=O) groups excluding carboxylic acids is 1. The van der Waals surface area contributed by atoms with E-state index in [1.54, 1.807) is 0 Å². The Morgan fingerprint density at radius 2 is 1.78 bits per heavy atom. The molecule has 0 saturated heterocycles. The molecule has 1 N–H and O–H groups in total. The minimum atomic E-state index is -1.31. The Kier molecular flexibility index (Phi) is 7.74. The van der Waals surface area contributed by atoms with Gasteiger partial charge in [0, 0.05) is 11.4 Å². The third-order valence-electron chi connectivity index (χ3n) is 6.07. The Bertz CT molecular complexity index is 970. The van der Waals surface area contributed by atoms with Crippen LogP contribution in [0.1, 0.15) is 80.0 Å². The van der Waals surface area contributed by atoms with Crippen LogP contribution in [-0.2, 0) is 33.7 Å². The van der Waals surface area contributed by atoms with E-state index in [1.807, 2.05) is 27.7 Å². The van der Waals surface area contributed by atoms with Crippen LogP contribution >= 0.6 is 0 Å². The number of nitrogens with one attached hydrogen (secondary N) is 1. The van der Waals surface area contributed by atoms with Crippen LogP contribution in [-0.4, -0.2) is 21.9 Å². The van der Waals surface area contributed by atoms with Crippen molar-refractivity contribution in [2.75, 3.05) is 6.61 Å². The molecule has 0 radical (unpaired) electrons. The SMILES string of the molecule is CCOC(=O)CC(N[S+]([O-])C(C)(C)C)c1cc2c(c(-c3c(C)cc(C)cc3C)c1)CCC2. The lowest BCUT2D eigenvalue weighted by molar-refractivity contribution is -0.143. The summed E-state index contributed by atoms with van der Waals surface area (Å²) in [7, 11) is 0. The summed E-state index contributed by atoms with van der Waals surface area (Å²) in [5.74, 6) is -0.277. The Balaban J connectivity index is 2.11. The second kappa shape index (κ2) is 9.98. The fourth-order valence-corrected chi connectivity index (χ4v) is 5.51. The Morgan fingerprint density at radius 3 is 2.38 bits per heavy atom. The largest absolute Gasteiger partial charge is 0.598 e. The number of hydrogen-bond acceptors (Lipinski definition) is 4. The zero-order valence-electron chi connectivity index (χ0n) is 20.6. The maximum absolute atomic E-state index is 13.0. The molecule has 0 saturated carbocycles. The molecule has 0 aliphatic heterocycles. The predicted molar refractivity (Wildman–Crippen MR) is 133 cm³/mol. The fourth-order valence-electron chi connectivity index (χ4n) is 4.68. The molecule has 2 aromatic carbocycles. The maximum atomic E-state index is 13.0. The van der Waals surface area contributed by atoms with Crippen molar-refractivity contribution in [3.63, 3.8) is 0 Å². The highest BCUT2D eigenvalue weighted by atomic mass is 32.2. The first-order valence-electron chi connectivity index (χ1n) is 11.6. The van der Waals surface area contributed by atoms with Crippen LogP contribution in [0.15, 0.2) is 24.3 Å². The Hall–Kier alpha value is -1.82. The number of carbonyl (C=O) groups is 1. The standard InChI is InChI=1S/C27H37NO3S/c1-8-31-25(29)16-24(28-32(30)27(5,6)7)21-14-20-10-9-11-22(20)23(15-21)26-18(3)12-17(2)13-19(26)4/h12-15,24,28H,8-11,16H2,1-7H3. The van der Waals surface area contributed by atoms with Gasteiger partial charge in [-0.05, 0) is 113 Å². The highest BCUT2D eigenvalue weighted by molar-refractivity contribution is 7.90. The van der Waals surface area contributed by atoms with E-state index >= 15 is 0 Å². The molecule has 1 aliphatic rings. The molecule has 2 unspecified atom stereocenters. The van der Waals surface area contributed by atoms with E-state index in [1.165, 1.54) is 38.9 Å². The van der Waals surface area contributed by atoms with Crippen molar-refractivity contribution < 1.29 is 14.1 Å². The van der Waals surface area contributed by atoms with E-state index in [-0.39, 0.29) is 18.4 Å². The highest BCUT2D eigenvalue weighted by Crippen LogP contribution is 2.39. The maximum Gasteiger partial charge on any atom is 0.307 e. The van der Waals surface area contributed by atoms with Gasteiger partial charge in [0.1, 0.15) is 4.75 Å². The van der Waals surface area contributed by atoms with E-state index in [2.05, 4.69) is 49.8 Å². The van der Waals surface area contributed by atoms with Crippen molar-refractivity contribution >= 4 is 17.3 Å². The number of ether oxygens (including phenoxy) is 1. The molecule has 0 spiro atoms. The smallest absolute Gasteiger partial charge is 0.307 e. The lowest BCUT2D eigenvalue weighted by Crippen LogP contribution is -2.42. The molecular formula is C27H37NO3S. The Labute approximate surface area is 196 Å². The summed E-state index contributed by atoms with van der Waals surface area (Å²) in [4.78, 5) is 12.4. The van der Waals surface area contributed by atoms with Gasteiger partial charge in [-0.3, -0.25) is 4.79 Å². The first kappa shape index (κ1) is 24.8. The minimum absolute atomic E-state index is 0.153. The Morgan fingerprint density at radius 1 is 1.12 bits per heavy atom. The van der Waals surface area contributed by atoms with Gasteiger partial charge in [0.05, 0.1) is 19.1 Å². The number of esters is 1. The van der Waals surface area contributed by atoms with E-state index in [4.69, 9.17) is 4.74 Å². The molecule has 174 valence electrons. The molecule has 0 heterocycles. The van der Waals surface area contributed by atoms with Gasteiger partial charge >= 0.3 is 5.97 Å². The average Bonchev–Trinajstić information content (AvgIpc) is 3.14. The van der Waals surface area contributed by atoms with Crippen LogP contribution in [0.25, 0.3) is 11.1 Å². The molecule has 0 aromatic heterocycles. The van der Waals surface area contributed by atoms with Gasteiger partial charge in [-0.25, -0.2) is 0 Å². The van der Waals surface area contributed by atoms with Gasteiger partial charge in [-0.2, -0.15) is 0 Å². The summed E-state index contributed by atoms with van der Waals surface area (Å²) in [5.41, 5.74) is 10.1. The van der Waals surface area contributed by atoms with Crippen LogP contribution < -0.4 is 4.72 Å². The van der Waals surface area contributed by atoms with Crippen LogP contribution in [0.4, 0.5) is 0 Å². The van der Waals surface area contributed by atoms with E-state index < -0.39 is 16.1 Å². The zero-order chi connectivity index (χ0) is 23.6. The molecule has 3 rings (SSSR count). The normalized spacial score (nSPS) is 15.4. The second-order valence-corrected chi connectivity index (χ2v) is 11.9. The summed E-state index contributed by atoms with van der Waals surface area (Å²) in [6.07, 6.45) is 3.40. The monoisotopic (exact) mass is 455 g/mol. The van der Waals surface area contributed by atoms with Gasteiger partial charge in [-0.1, -0.05) is 23.8 Å². The number of fused-ring (bicyclic) bond motifs is 1. The molecule has 0 fully saturated rings. The molecule has 5 heteroatoms. The summed E-state index contributed by atoms with van der Waals surface area (Å²) < 4.78 is 21.0. The fraction of sp³-hybridized carbons (Fsp3) is 0.519. The van der Waals surface area contributed by atoms with Crippen molar-refractivity contribution in [3.05, 3.63) is 57.6 Å². The summed E-state index contributed by atoms with van der Waals surface area (Å²) in [6.45, 7) is 14.4. The van der Waals surface area contributed by atoms with Crippen molar-refractivity contribution in [2.24, 2.45) is 0 Å².